The Morgan fingerprint density at radius 3 is 2.85 bits per heavy atom. The third-order valence-electron chi connectivity index (χ3n) is 3.24. The Bertz CT molecular complexity index is 571. The van der Waals surface area contributed by atoms with E-state index in [1.807, 2.05) is 24.3 Å². The van der Waals surface area contributed by atoms with E-state index in [-0.39, 0.29) is 6.10 Å². The molecular weight excluding hydrogens is 272 g/mol. The SMILES string of the molecule is CC(C)CC(O)CNCc1ccc(Cl)c2cccnc12. The van der Waals surface area contributed by atoms with Crippen LogP contribution in [0.5, 0.6) is 0 Å². The molecule has 0 aliphatic carbocycles. The molecule has 0 amide bonds. The summed E-state index contributed by atoms with van der Waals surface area (Å²) in [4.78, 5) is 4.40. The van der Waals surface area contributed by atoms with E-state index in [0.717, 1.165) is 27.9 Å². The van der Waals surface area contributed by atoms with Crippen molar-refractivity contribution < 1.29 is 5.11 Å². The highest BCUT2D eigenvalue weighted by molar-refractivity contribution is 6.35. The second-order valence-corrected chi connectivity index (χ2v) is 5.93. The van der Waals surface area contributed by atoms with Gasteiger partial charge in [0, 0.05) is 29.7 Å². The predicted molar refractivity (Wildman–Crippen MR) is 83.9 cm³/mol. The van der Waals surface area contributed by atoms with E-state index in [1.165, 1.54) is 0 Å². The molecule has 0 saturated carbocycles. The molecule has 2 rings (SSSR count). The molecule has 0 saturated heterocycles. The van der Waals surface area contributed by atoms with Crippen LogP contribution in [0.2, 0.25) is 5.02 Å². The van der Waals surface area contributed by atoms with E-state index in [9.17, 15) is 5.11 Å². The Kier molecular flexibility index (Phi) is 5.35. The Morgan fingerprint density at radius 2 is 2.10 bits per heavy atom. The zero-order valence-electron chi connectivity index (χ0n) is 11.9. The highest BCUT2D eigenvalue weighted by atomic mass is 35.5. The zero-order chi connectivity index (χ0) is 14.5. The van der Waals surface area contributed by atoms with Crippen LogP contribution >= 0.6 is 11.6 Å². The number of hydrogen-bond acceptors (Lipinski definition) is 3. The van der Waals surface area contributed by atoms with Gasteiger partial charge in [0.05, 0.1) is 11.6 Å². The smallest absolute Gasteiger partial charge is 0.0761 e. The van der Waals surface area contributed by atoms with Crippen molar-refractivity contribution >= 4 is 22.5 Å². The van der Waals surface area contributed by atoms with Gasteiger partial charge < -0.3 is 10.4 Å². The van der Waals surface area contributed by atoms with Crippen LogP contribution in [-0.4, -0.2) is 22.7 Å². The van der Waals surface area contributed by atoms with E-state index in [0.29, 0.717) is 19.0 Å². The summed E-state index contributed by atoms with van der Waals surface area (Å²) in [6.45, 7) is 5.49. The van der Waals surface area contributed by atoms with Crippen molar-refractivity contribution in [3.05, 3.63) is 41.0 Å². The van der Waals surface area contributed by atoms with Crippen molar-refractivity contribution in [1.82, 2.24) is 10.3 Å². The van der Waals surface area contributed by atoms with Crippen LogP contribution in [0.3, 0.4) is 0 Å². The molecule has 0 spiro atoms. The lowest BCUT2D eigenvalue weighted by Crippen LogP contribution is -2.27. The molecular formula is C16H21ClN2O. The van der Waals surface area contributed by atoms with Crippen molar-refractivity contribution in [1.29, 1.82) is 0 Å². The predicted octanol–water partition coefficient (Wildman–Crippen LogP) is 3.38. The minimum absolute atomic E-state index is 0.304. The van der Waals surface area contributed by atoms with Crippen LogP contribution in [0.1, 0.15) is 25.8 Å². The van der Waals surface area contributed by atoms with Crippen LogP contribution in [-0.2, 0) is 6.54 Å². The molecule has 1 aromatic carbocycles. The number of benzene rings is 1. The highest BCUT2D eigenvalue weighted by Gasteiger charge is 2.08. The van der Waals surface area contributed by atoms with Crippen molar-refractivity contribution in [3.63, 3.8) is 0 Å². The fourth-order valence-electron chi connectivity index (χ4n) is 2.34. The second-order valence-electron chi connectivity index (χ2n) is 5.52. The first-order valence-electron chi connectivity index (χ1n) is 6.99. The van der Waals surface area contributed by atoms with Crippen LogP contribution in [0.4, 0.5) is 0 Å². The molecule has 1 atom stereocenters. The first-order valence-corrected chi connectivity index (χ1v) is 7.36. The summed E-state index contributed by atoms with van der Waals surface area (Å²) >= 11 is 6.17. The van der Waals surface area contributed by atoms with Crippen molar-refractivity contribution in [2.24, 2.45) is 5.92 Å². The van der Waals surface area contributed by atoms with E-state index in [4.69, 9.17) is 11.6 Å². The van der Waals surface area contributed by atoms with Gasteiger partial charge in [0.15, 0.2) is 0 Å². The highest BCUT2D eigenvalue weighted by Crippen LogP contribution is 2.24. The molecule has 0 fully saturated rings. The second kappa shape index (κ2) is 7.02. The number of fused-ring (bicyclic) bond motifs is 1. The number of aromatic nitrogens is 1. The number of aliphatic hydroxyl groups excluding tert-OH is 1. The van der Waals surface area contributed by atoms with Gasteiger partial charge in [-0.15, -0.1) is 0 Å². The summed E-state index contributed by atoms with van der Waals surface area (Å²) in [5.41, 5.74) is 2.02. The Balaban J connectivity index is 2.02. The number of pyridine rings is 1. The van der Waals surface area contributed by atoms with E-state index in [1.54, 1.807) is 6.20 Å². The molecule has 0 radical (unpaired) electrons. The topological polar surface area (TPSA) is 45.1 Å². The first-order chi connectivity index (χ1) is 9.58. The average Bonchev–Trinajstić information content (AvgIpc) is 2.41. The van der Waals surface area contributed by atoms with Crippen molar-refractivity contribution in [2.45, 2.75) is 32.9 Å². The molecule has 1 unspecified atom stereocenters. The summed E-state index contributed by atoms with van der Waals surface area (Å²) in [7, 11) is 0. The quantitative estimate of drug-likeness (QED) is 0.858. The normalized spacial score (nSPS) is 13.1. The van der Waals surface area contributed by atoms with Gasteiger partial charge in [-0.2, -0.15) is 0 Å². The molecule has 0 aliphatic rings. The lowest BCUT2D eigenvalue weighted by molar-refractivity contribution is 0.146. The molecule has 20 heavy (non-hydrogen) atoms. The van der Waals surface area contributed by atoms with Crippen LogP contribution < -0.4 is 5.32 Å². The van der Waals surface area contributed by atoms with E-state index in [2.05, 4.69) is 24.1 Å². The van der Waals surface area contributed by atoms with Gasteiger partial charge in [-0.05, 0) is 36.1 Å². The Labute approximate surface area is 125 Å². The summed E-state index contributed by atoms with van der Waals surface area (Å²) in [6.07, 6.45) is 2.28. The van der Waals surface area contributed by atoms with Gasteiger partial charge in [0.2, 0.25) is 0 Å². The molecule has 2 aromatic rings. The standard InChI is InChI=1S/C16H21ClN2O/c1-11(2)8-13(20)10-18-9-12-5-6-15(17)14-4-3-7-19-16(12)14/h3-7,11,13,18,20H,8-10H2,1-2H3. The van der Waals surface area contributed by atoms with E-state index < -0.39 is 0 Å². The number of halogens is 1. The fraction of sp³-hybridized carbons (Fsp3) is 0.438. The average molecular weight is 293 g/mol. The summed E-state index contributed by atoms with van der Waals surface area (Å²) in [6, 6.07) is 7.74. The maximum absolute atomic E-state index is 9.86. The van der Waals surface area contributed by atoms with Crippen LogP contribution in [0.25, 0.3) is 10.9 Å². The third-order valence-corrected chi connectivity index (χ3v) is 3.57. The molecule has 2 N–H and O–H groups in total. The van der Waals surface area contributed by atoms with Crippen LogP contribution in [0.15, 0.2) is 30.5 Å². The number of aliphatic hydroxyl groups is 1. The minimum atomic E-state index is -0.304. The third kappa shape index (κ3) is 3.92. The Morgan fingerprint density at radius 1 is 1.30 bits per heavy atom. The Hall–Kier alpha value is -1.16. The van der Waals surface area contributed by atoms with E-state index >= 15 is 0 Å². The molecule has 0 aliphatic heterocycles. The lowest BCUT2D eigenvalue weighted by atomic mass is 10.1. The van der Waals surface area contributed by atoms with Gasteiger partial charge in [0.1, 0.15) is 0 Å². The molecule has 1 aromatic heterocycles. The molecule has 0 bridgehead atoms. The van der Waals surface area contributed by atoms with Gasteiger partial charge in [0.25, 0.3) is 0 Å². The molecule has 1 heterocycles. The van der Waals surface area contributed by atoms with Crippen molar-refractivity contribution in [3.8, 4) is 0 Å². The summed E-state index contributed by atoms with van der Waals surface area (Å²) in [5, 5.41) is 14.8. The first kappa shape index (κ1) is 15.2. The summed E-state index contributed by atoms with van der Waals surface area (Å²) in [5.74, 6) is 0.504. The monoisotopic (exact) mass is 292 g/mol. The molecule has 4 heteroatoms. The number of nitrogens with one attached hydrogen (secondary N) is 1. The maximum Gasteiger partial charge on any atom is 0.0761 e. The lowest BCUT2D eigenvalue weighted by Gasteiger charge is -2.14. The molecule has 3 nitrogen and oxygen atoms in total. The number of hydrogen-bond donors (Lipinski definition) is 2. The maximum atomic E-state index is 9.86. The van der Waals surface area contributed by atoms with Gasteiger partial charge in [-0.3, -0.25) is 4.98 Å². The van der Waals surface area contributed by atoms with Gasteiger partial charge >= 0.3 is 0 Å². The van der Waals surface area contributed by atoms with Crippen molar-refractivity contribution in [2.75, 3.05) is 6.54 Å². The fourth-order valence-corrected chi connectivity index (χ4v) is 2.56. The largest absolute Gasteiger partial charge is 0.392 e. The number of nitrogens with zero attached hydrogens (tertiary/aromatic N) is 1. The van der Waals surface area contributed by atoms with Gasteiger partial charge in [-0.1, -0.05) is 31.5 Å². The number of rotatable bonds is 6. The van der Waals surface area contributed by atoms with Crippen LogP contribution in [0, 0.1) is 5.92 Å². The van der Waals surface area contributed by atoms with Gasteiger partial charge in [-0.25, -0.2) is 0 Å². The minimum Gasteiger partial charge on any atom is -0.392 e. The summed E-state index contributed by atoms with van der Waals surface area (Å²) < 4.78 is 0. The zero-order valence-corrected chi connectivity index (χ0v) is 12.7. The molecule has 108 valence electrons.